The lowest BCUT2D eigenvalue weighted by Gasteiger charge is -2.14. The fourth-order valence-electron chi connectivity index (χ4n) is 2.33. The highest BCUT2D eigenvalue weighted by molar-refractivity contribution is 7.09. The number of benzene rings is 1. The van der Waals surface area contributed by atoms with Gasteiger partial charge in [-0.2, -0.15) is 0 Å². The molecular formula is C16H15N3O4S. The van der Waals surface area contributed by atoms with Crippen molar-refractivity contribution < 1.29 is 19.1 Å². The second-order valence-corrected chi connectivity index (χ2v) is 5.94. The van der Waals surface area contributed by atoms with E-state index in [1.54, 1.807) is 36.6 Å². The molecule has 0 bridgehead atoms. The van der Waals surface area contributed by atoms with E-state index < -0.39 is 5.97 Å². The summed E-state index contributed by atoms with van der Waals surface area (Å²) < 4.78 is 4.88. The molecule has 7 nitrogen and oxygen atoms in total. The third-order valence-corrected chi connectivity index (χ3v) is 4.35. The lowest BCUT2D eigenvalue weighted by molar-refractivity contribution is 0.0518. The van der Waals surface area contributed by atoms with E-state index in [0.717, 1.165) is 10.0 Å². The number of thiazole rings is 1. The summed E-state index contributed by atoms with van der Waals surface area (Å²) in [7, 11) is 0. The molecule has 2 aromatic rings. The van der Waals surface area contributed by atoms with Crippen LogP contribution in [-0.4, -0.2) is 40.9 Å². The van der Waals surface area contributed by atoms with Crippen LogP contribution in [0.3, 0.4) is 0 Å². The molecule has 24 heavy (non-hydrogen) atoms. The van der Waals surface area contributed by atoms with Crippen molar-refractivity contribution in [2.24, 2.45) is 0 Å². The van der Waals surface area contributed by atoms with Crippen molar-refractivity contribution >= 4 is 29.1 Å². The molecule has 0 saturated heterocycles. The number of rotatable bonds is 6. The summed E-state index contributed by atoms with van der Waals surface area (Å²) >= 11 is 1.33. The van der Waals surface area contributed by atoms with Crippen LogP contribution >= 0.6 is 11.3 Å². The molecule has 2 amide bonds. The number of ether oxygens (including phenoxy) is 1. The largest absolute Gasteiger partial charge is 0.461 e. The van der Waals surface area contributed by atoms with Gasteiger partial charge < -0.3 is 4.74 Å². The zero-order chi connectivity index (χ0) is 17.1. The predicted octanol–water partition coefficient (Wildman–Crippen LogP) is 1.66. The standard InChI is InChI=1S/C16H15N3O4S/c1-2-23-16(22)12-9-24-13(18-12)7-8-17-19-14(20)10-5-3-4-6-11(10)15(19)21/h3-6,9,17H,2,7-8H2,1H3. The molecule has 1 aliphatic heterocycles. The second kappa shape index (κ2) is 6.90. The van der Waals surface area contributed by atoms with Crippen LogP contribution in [-0.2, 0) is 11.2 Å². The van der Waals surface area contributed by atoms with E-state index in [4.69, 9.17) is 4.74 Å². The van der Waals surface area contributed by atoms with Gasteiger partial charge in [0.1, 0.15) is 0 Å². The van der Waals surface area contributed by atoms with Gasteiger partial charge in [-0.1, -0.05) is 12.1 Å². The molecule has 1 aliphatic rings. The molecule has 1 N–H and O–H groups in total. The number of hydrazine groups is 1. The molecule has 2 heterocycles. The highest BCUT2D eigenvalue weighted by atomic mass is 32.1. The third-order valence-electron chi connectivity index (χ3n) is 3.44. The number of carbonyl (C=O) groups is 3. The molecule has 0 spiro atoms. The lowest BCUT2D eigenvalue weighted by Crippen LogP contribution is -2.43. The van der Waals surface area contributed by atoms with Gasteiger partial charge in [0.15, 0.2) is 5.69 Å². The van der Waals surface area contributed by atoms with Gasteiger partial charge in [0, 0.05) is 18.3 Å². The summed E-state index contributed by atoms with van der Waals surface area (Å²) in [4.78, 5) is 40.1. The Morgan fingerprint density at radius 1 is 1.25 bits per heavy atom. The van der Waals surface area contributed by atoms with E-state index in [0.29, 0.717) is 30.7 Å². The highest BCUT2D eigenvalue weighted by Gasteiger charge is 2.35. The van der Waals surface area contributed by atoms with E-state index in [9.17, 15) is 14.4 Å². The molecule has 1 aromatic heterocycles. The summed E-state index contributed by atoms with van der Waals surface area (Å²) in [5, 5.41) is 3.38. The van der Waals surface area contributed by atoms with Crippen LogP contribution in [0.4, 0.5) is 0 Å². The number of fused-ring (bicyclic) bond motifs is 1. The molecule has 124 valence electrons. The minimum Gasteiger partial charge on any atom is -0.461 e. The molecule has 8 heteroatoms. The summed E-state index contributed by atoms with van der Waals surface area (Å²) in [5.74, 6) is -1.17. The smallest absolute Gasteiger partial charge is 0.357 e. The molecule has 0 atom stereocenters. The SMILES string of the molecule is CCOC(=O)c1csc(CCNN2C(=O)c3ccccc3C2=O)n1. The van der Waals surface area contributed by atoms with Crippen LogP contribution in [0.2, 0.25) is 0 Å². The number of nitrogens with one attached hydrogen (secondary N) is 1. The summed E-state index contributed by atoms with van der Waals surface area (Å²) in [6.07, 6.45) is 0.484. The van der Waals surface area contributed by atoms with E-state index in [2.05, 4.69) is 10.4 Å². The zero-order valence-corrected chi connectivity index (χ0v) is 13.8. The summed E-state index contributed by atoms with van der Waals surface area (Å²) in [5.41, 5.74) is 3.89. The van der Waals surface area contributed by atoms with E-state index in [1.807, 2.05) is 0 Å². The maximum Gasteiger partial charge on any atom is 0.357 e. The average molecular weight is 345 g/mol. The Morgan fingerprint density at radius 3 is 2.54 bits per heavy atom. The molecule has 0 aliphatic carbocycles. The van der Waals surface area contributed by atoms with Gasteiger partial charge in [-0.3, -0.25) is 9.59 Å². The Labute approximate surface area is 142 Å². The van der Waals surface area contributed by atoms with Gasteiger partial charge in [-0.05, 0) is 19.1 Å². The Morgan fingerprint density at radius 2 is 1.92 bits per heavy atom. The Bertz CT molecular complexity index is 767. The van der Waals surface area contributed by atoms with Crippen molar-refractivity contribution in [3.63, 3.8) is 0 Å². The van der Waals surface area contributed by atoms with Crippen molar-refractivity contribution in [3.05, 3.63) is 51.5 Å². The summed E-state index contributed by atoms with van der Waals surface area (Å²) in [6, 6.07) is 6.70. The number of carbonyl (C=O) groups excluding carboxylic acids is 3. The first-order valence-electron chi connectivity index (χ1n) is 7.44. The van der Waals surface area contributed by atoms with Crippen LogP contribution in [0.1, 0.15) is 43.1 Å². The molecule has 0 fully saturated rings. The van der Waals surface area contributed by atoms with E-state index >= 15 is 0 Å². The zero-order valence-electron chi connectivity index (χ0n) is 12.9. The van der Waals surface area contributed by atoms with Crippen molar-refractivity contribution in [1.82, 2.24) is 15.4 Å². The third kappa shape index (κ3) is 3.06. The van der Waals surface area contributed by atoms with Crippen molar-refractivity contribution in [1.29, 1.82) is 0 Å². The van der Waals surface area contributed by atoms with Crippen LogP contribution in [0, 0.1) is 0 Å². The van der Waals surface area contributed by atoms with Gasteiger partial charge in [-0.15, -0.1) is 11.3 Å². The second-order valence-electron chi connectivity index (χ2n) is 5.00. The number of amides is 2. The number of nitrogens with zero attached hydrogens (tertiary/aromatic N) is 2. The van der Waals surface area contributed by atoms with Crippen LogP contribution in [0.15, 0.2) is 29.6 Å². The van der Waals surface area contributed by atoms with Crippen LogP contribution in [0.25, 0.3) is 0 Å². The maximum absolute atomic E-state index is 12.2. The number of hydrogen-bond acceptors (Lipinski definition) is 7. The molecule has 0 saturated carbocycles. The molecular weight excluding hydrogens is 330 g/mol. The Balaban J connectivity index is 1.57. The number of esters is 1. The normalized spacial score (nSPS) is 13.3. The monoisotopic (exact) mass is 345 g/mol. The van der Waals surface area contributed by atoms with E-state index in [1.165, 1.54) is 11.3 Å². The fraction of sp³-hybridized carbons (Fsp3) is 0.250. The van der Waals surface area contributed by atoms with Gasteiger partial charge in [-0.25, -0.2) is 20.2 Å². The first-order valence-corrected chi connectivity index (χ1v) is 8.32. The van der Waals surface area contributed by atoms with Gasteiger partial charge in [0.05, 0.1) is 22.7 Å². The van der Waals surface area contributed by atoms with Crippen molar-refractivity contribution in [2.75, 3.05) is 13.2 Å². The number of aromatic nitrogens is 1. The molecule has 1 aromatic carbocycles. The first kappa shape index (κ1) is 16.3. The highest BCUT2D eigenvalue weighted by Crippen LogP contribution is 2.20. The lowest BCUT2D eigenvalue weighted by atomic mass is 10.1. The van der Waals surface area contributed by atoms with Crippen LogP contribution in [0.5, 0.6) is 0 Å². The predicted molar refractivity (Wildman–Crippen MR) is 86.7 cm³/mol. The van der Waals surface area contributed by atoms with Crippen LogP contribution < -0.4 is 5.43 Å². The Kier molecular flexibility index (Phi) is 4.68. The van der Waals surface area contributed by atoms with Gasteiger partial charge >= 0.3 is 5.97 Å². The fourth-order valence-corrected chi connectivity index (χ4v) is 3.10. The van der Waals surface area contributed by atoms with Crippen molar-refractivity contribution in [2.45, 2.75) is 13.3 Å². The minimum absolute atomic E-state index is 0.276. The van der Waals surface area contributed by atoms with Gasteiger partial charge in [0.25, 0.3) is 11.8 Å². The molecule has 3 rings (SSSR count). The summed E-state index contributed by atoms with van der Waals surface area (Å²) in [6.45, 7) is 2.38. The number of imide groups is 1. The first-order chi connectivity index (χ1) is 11.6. The average Bonchev–Trinajstić information content (AvgIpc) is 3.15. The molecule has 0 unspecified atom stereocenters. The van der Waals surface area contributed by atoms with E-state index in [-0.39, 0.29) is 17.5 Å². The number of hydrogen-bond donors (Lipinski definition) is 1. The minimum atomic E-state index is -0.451. The molecule has 0 radical (unpaired) electrons. The Hall–Kier alpha value is -2.58. The van der Waals surface area contributed by atoms with Gasteiger partial charge in [0.2, 0.25) is 0 Å². The van der Waals surface area contributed by atoms with Crippen molar-refractivity contribution in [3.8, 4) is 0 Å². The maximum atomic E-state index is 12.2. The topological polar surface area (TPSA) is 88.6 Å². The quantitative estimate of drug-likeness (QED) is 0.633.